The Morgan fingerprint density at radius 3 is 3.00 bits per heavy atom. The van der Waals surface area contributed by atoms with E-state index in [9.17, 15) is 4.79 Å². The summed E-state index contributed by atoms with van der Waals surface area (Å²) in [6.45, 7) is 1.53. The number of carboxylic acids is 1. The van der Waals surface area contributed by atoms with Gasteiger partial charge in [-0.05, 0) is 18.9 Å². The second-order valence-corrected chi connectivity index (χ2v) is 4.70. The average molecular weight is 237 g/mol. The van der Waals surface area contributed by atoms with Gasteiger partial charge in [-0.2, -0.15) is 5.10 Å². The molecule has 94 valence electrons. The molecule has 0 amide bonds. The largest absolute Gasteiger partial charge is 0.478 e. The van der Waals surface area contributed by atoms with Crippen LogP contribution in [-0.4, -0.2) is 27.4 Å². The standard InChI is InChI=1S/C12H19N3O2/c1-15-11(10(7-14-15)12(16)17)8-13-6-5-9-3-2-4-9/h7,9,13H,2-6,8H2,1H3,(H,16,17). The summed E-state index contributed by atoms with van der Waals surface area (Å²) in [6.07, 6.45) is 6.68. The van der Waals surface area contributed by atoms with Gasteiger partial charge in [-0.15, -0.1) is 0 Å². The summed E-state index contributed by atoms with van der Waals surface area (Å²) in [7, 11) is 1.77. The van der Waals surface area contributed by atoms with Crippen molar-refractivity contribution in [2.75, 3.05) is 6.54 Å². The van der Waals surface area contributed by atoms with Gasteiger partial charge in [0, 0.05) is 13.6 Å². The molecule has 1 aromatic heterocycles. The van der Waals surface area contributed by atoms with E-state index < -0.39 is 5.97 Å². The van der Waals surface area contributed by atoms with Crippen LogP contribution in [0.25, 0.3) is 0 Å². The second kappa shape index (κ2) is 5.31. The highest BCUT2D eigenvalue weighted by Gasteiger charge is 2.17. The number of nitrogens with one attached hydrogen (secondary N) is 1. The van der Waals surface area contributed by atoms with Crippen molar-refractivity contribution in [2.24, 2.45) is 13.0 Å². The number of hydrogen-bond acceptors (Lipinski definition) is 3. The monoisotopic (exact) mass is 237 g/mol. The van der Waals surface area contributed by atoms with Crippen molar-refractivity contribution < 1.29 is 9.90 Å². The molecular weight excluding hydrogens is 218 g/mol. The zero-order valence-corrected chi connectivity index (χ0v) is 10.1. The Bertz CT molecular complexity index is 396. The molecule has 5 heteroatoms. The third kappa shape index (κ3) is 2.85. The minimum atomic E-state index is -0.908. The van der Waals surface area contributed by atoms with Gasteiger partial charge in [0.25, 0.3) is 0 Å². The minimum absolute atomic E-state index is 0.295. The fourth-order valence-electron chi connectivity index (χ4n) is 2.15. The highest BCUT2D eigenvalue weighted by molar-refractivity contribution is 5.88. The van der Waals surface area contributed by atoms with Crippen LogP contribution >= 0.6 is 0 Å². The Balaban J connectivity index is 1.80. The van der Waals surface area contributed by atoms with Gasteiger partial charge in [-0.1, -0.05) is 19.3 Å². The number of rotatable bonds is 6. The summed E-state index contributed by atoms with van der Waals surface area (Å²) in [5.74, 6) is -0.0260. The predicted molar refractivity (Wildman–Crippen MR) is 63.8 cm³/mol. The van der Waals surface area contributed by atoms with Crippen molar-refractivity contribution in [2.45, 2.75) is 32.2 Å². The first kappa shape index (κ1) is 12.1. The molecule has 0 saturated heterocycles. The van der Waals surface area contributed by atoms with E-state index in [-0.39, 0.29) is 0 Å². The van der Waals surface area contributed by atoms with Gasteiger partial charge in [0.1, 0.15) is 5.56 Å². The van der Waals surface area contributed by atoms with Crippen molar-refractivity contribution in [1.82, 2.24) is 15.1 Å². The zero-order chi connectivity index (χ0) is 12.3. The Morgan fingerprint density at radius 1 is 1.65 bits per heavy atom. The molecule has 1 aromatic rings. The average Bonchev–Trinajstić information content (AvgIpc) is 2.57. The maximum Gasteiger partial charge on any atom is 0.339 e. The van der Waals surface area contributed by atoms with E-state index in [0.29, 0.717) is 12.1 Å². The third-order valence-corrected chi connectivity index (χ3v) is 3.54. The molecule has 1 aliphatic rings. The number of nitrogens with zero attached hydrogens (tertiary/aromatic N) is 2. The van der Waals surface area contributed by atoms with Crippen molar-refractivity contribution in [3.05, 3.63) is 17.5 Å². The molecule has 1 saturated carbocycles. The molecule has 17 heavy (non-hydrogen) atoms. The van der Waals surface area contributed by atoms with Gasteiger partial charge in [0.15, 0.2) is 0 Å². The highest BCUT2D eigenvalue weighted by Crippen LogP contribution is 2.28. The van der Waals surface area contributed by atoms with E-state index in [2.05, 4.69) is 10.4 Å². The van der Waals surface area contributed by atoms with Gasteiger partial charge < -0.3 is 10.4 Å². The first-order valence-electron chi connectivity index (χ1n) is 6.13. The van der Waals surface area contributed by atoms with Crippen LogP contribution in [0.1, 0.15) is 41.7 Å². The Labute approximate surface area is 101 Å². The van der Waals surface area contributed by atoms with Crippen LogP contribution in [0.3, 0.4) is 0 Å². The molecule has 1 aliphatic carbocycles. The first-order chi connectivity index (χ1) is 8.18. The number of carbonyl (C=O) groups is 1. The van der Waals surface area contributed by atoms with Crippen LogP contribution in [0.15, 0.2) is 6.20 Å². The van der Waals surface area contributed by atoms with Gasteiger partial charge in [-0.25, -0.2) is 4.79 Å². The molecule has 2 rings (SSSR count). The first-order valence-corrected chi connectivity index (χ1v) is 6.13. The molecule has 0 unspecified atom stereocenters. The van der Waals surface area contributed by atoms with Crippen molar-refractivity contribution >= 4 is 5.97 Å². The summed E-state index contributed by atoms with van der Waals surface area (Å²) in [5.41, 5.74) is 1.04. The Morgan fingerprint density at radius 2 is 2.41 bits per heavy atom. The SMILES string of the molecule is Cn1ncc(C(=O)O)c1CNCCC1CCC1. The van der Waals surface area contributed by atoms with Gasteiger partial charge >= 0.3 is 5.97 Å². The summed E-state index contributed by atoms with van der Waals surface area (Å²) >= 11 is 0. The number of aromatic carboxylic acids is 1. The van der Waals surface area contributed by atoms with Crippen molar-refractivity contribution in [3.8, 4) is 0 Å². The lowest BCUT2D eigenvalue weighted by molar-refractivity contribution is 0.0695. The second-order valence-electron chi connectivity index (χ2n) is 4.70. The molecular formula is C12H19N3O2. The molecule has 0 radical (unpaired) electrons. The molecule has 5 nitrogen and oxygen atoms in total. The molecule has 0 aromatic carbocycles. The van der Waals surface area contributed by atoms with Crippen LogP contribution in [0.4, 0.5) is 0 Å². The quantitative estimate of drug-likeness (QED) is 0.734. The summed E-state index contributed by atoms with van der Waals surface area (Å²) in [4.78, 5) is 11.0. The molecule has 2 N–H and O–H groups in total. The van der Waals surface area contributed by atoms with Crippen LogP contribution in [0.2, 0.25) is 0 Å². The number of aromatic nitrogens is 2. The molecule has 1 heterocycles. The Hall–Kier alpha value is -1.36. The fraction of sp³-hybridized carbons (Fsp3) is 0.667. The Kier molecular flexibility index (Phi) is 3.78. The fourth-order valence-corrected chi connectivity index (χ4v) is 2.15. The smallest absolute Gasteiger partial charge is 0.339 e. The number of carboxylic acid groups (broad SMARTS) is 1. The van der Waals surface area contributed by atoms with E-state index in [1.165, 1.54) is 31.9 Å². The predicted octanol–water partition coefficient (Wildman–Crippen LogP) is 1.40. The molecule has 1 fully saturated rings. The van der Waals surface area contributed by atoms with Crippen LogP contribution in [0.5, 0.6) is 0 Å². The van der Waals surface area contributed by atoms with Gasteiger partial charge in [0.05, 0.1) is 11.9 Å². The lowest BCUT2D eigenvalue weighted by Gasteiger charge is -2.25. The molecule has 0 spiro atoms. The van der Waals surface area contributed by atoms with Crippen LogP contribution < -0.4 is 5.32 Å². The topological polar surface area (TPSA) is 67.2 Å². The van der Waals surface area contributed by atoms with E-state index >= 15 is 0 Å². The summed E-state index contributed by atoms with van der Waals surface area (Å²) < 4.78 is 1.62. The molecule has 0 aliphatic heterocycles. The van der Waals surface area contributed by atoms with Crippen molar-refractivity contribution in [1.29, 1.82) is 0 Å². The van der Waals surface area contributed by atoms with Gasteiger partial charge in [0.2, 0.25) is 0 Å². The van der Waals surface area contributed by atoms with Crippen LogP contribution in [-0.2, 0) is 13.6 Å². The molecule has 0 bridgehead atoms. The van der Waals surface area contributed by atoms with Crippen LogP contribution in [0, 0.1) is 5.92 Å². The maximum absolute atomic E-state index is 11.0. The van der Waals surface area contributed by atoms with E-state index in [1.807, 2.05) is 0 Å². The van der Waals surface area contributed by atoms with E-state index in [1.54, 1.807) is 11.7 Å². The van der Waals surface area contributed by atoms with Crippen molar-refractivity contribution in [3.63, 3.8) is 0 Å². The lowest BCUT2D eigenvalue weighted by atomic mass is 9.83. The molecule has 0 atom stereocenters. The number of hydrogen-bond donors (Lipinski definition) is 2. The lowest BCUT2D eigenvalue weighted by Crippen LogP contribution is -2.23. The number of aryl methyl sites for hydroxylation is 1. The minimum Gasteiger partial charge on any atom is -0.478 e. The normalized spacial score (nSPS) is 15.8. The summed E-state index contributed by atoms with van der Waals surface area (Å²) in [6, 6.07) is 0. The highest BCUT2D eigenvalue weighted by atomic mass is 16.4. The zero-order valence-electron chi connectivity index (χ0n) is 10.1. The van der Waals surface area contributed by atoms with Gasteiger partial charge in [-0.3, -0.25) is 4.68 Å². The van der Waals surface area contributed by atoms with E-state index in [0.717, 1.165) is 18.2 Å². The van der Waals surface area contributed by atoms with E-state index in [4.69, 9.17) is 5.11 Å². The summed E-state index contributed by atoms with van der Waals surface area (Å²) in [5, 5.41) is 16.3. The maximum atomic E-state index is 11.0. The third-order valence-electron chi connectivity index (χ3n) is 3.54.